The minimum atomic E-state index is -1.65. The van der Waals surface area contributed by atoms with Crippen molar-refractivity contribution in [2.75, 3.05) is 11.9 Å². The third-order valence-corrected chi connectivity index (χ3v) is 4.41. The van der Waals surface area contributed by atoms with Gasteiger partial charge >= 0.3 is 0 Å². The number of aliphatic hydroxyl groups is 1. The number of aromatic nitrogens is 4. The minimum Gasteiger partial charge on any atom is -0.387 e. The zero-order valence-corrected chi connectivity index (χ0v) is 17.1. The number of nitrogens with one attached hydrogen (secondary N) is 2. The molecule has 8 nitrogen and oxygen atoms in total. The molecule has 3 heterocycles. The highest BCUT2D eigenvalue weighted by Gasteiger charge is 2.27. The summed E-state index contributed by atoms with van der Waals surface area (Å²) in [5.74, 6) is -0.767. The average molecular weight is 418 g/mol. The Morgan fingerprint density at radius 1 is 1.33 bits per heavy atom. The molecule has 1 amide bonds. The molecular weight excluding hydrogens is 394 g/mol. The summed E-state index contributed by atoms with van der Waals surface area (Å²) in [4.78, 5) is 20.7. The van der Waals surface area contributed by atoms with Gasteiger partial charge in [-0.3, -0.25) is 9.78 Å². The van der Waals surface area contributed by atoms with Crippen LogP contribution in [-0.2, 0) is 0 Å². The predicted molar refractivity (Wildman–Crippen MR) is 108 cm³/mol. The largest absolute Gasteiger partial charge is 0.387 e. The molecule has 1 atom stereocenters. The van der Waals surface area contributed by atoms with Crippen molar-refractivity contribution in [2.45, 2.75) is 45.5 Å². The van der Waals surface area contributed by atoms with E-state index in [9.17, 15) is 18.7 Å². The van der Waals surface area contributed by atoms with Crippen molar-refractivity contribution in [1.29, 1.82) is 0 Å². The van der Waals surface area contributed by atoms with Crippen LogP contribution in [0, 0.1) is 5.82 Å². The highest BCUT2D eigenvalue weighted by Crippen LogP contribution is 2.25. The van der Waals surface area contributed by atoms with Gasteiger partial charge in [0.25, 0.3) is 5.91 Å². The molecule has 0 bridgehead atoms. The van der Waals surface area contributed by atoms with Crippen molar-refractivity contribution in [2.24, 2.45) is 0 Å². The van der Waals surface area contributed by atoms with Gasteiger partial charge in [-0.2, -0.15) is 9.61 Å². The molecule has 0 aliphatic rings. The maximum Gasteiger partial charge on any atom is 0.256 e. The maximum atomic E-state index is 14.1. The highest BCUT2D eigenvalue weighted by molar-refractivity contribution is 5.99. The molecule has 0 aliphatic heterocycles. The van der Waals surface area contributed by atoms with Gasteiger partial charge in [-0.05, 0) is 33.8 Å². The Morgan fingerprint density at radius 3 is 2.70 bits per heavy atom. The fraction of sp³-hybridized carbons (Fsp3) is 0.400. The summed E-state index contributed by atoms with van der Waals surface area (Å²) in [7, 11) is 0. The molecule has 10 heteroatoms. The third kappa shape index (κ3) is 4.54. The van der Waals surface area contributed by atoms with Crippen molar-refractivity contribution < 1.29 is 18.7 Å². The van der Waals surface area contributed by atoms with E-state index >= 15 is 0 Å². The number of pyridine rings is 1. The van der Waals surface area contributed by atoms with Crippen molar-refractivity contribution >= 4 is 17.4 Å². The topological polar surface area (TPSA) is 104 Å². The summed E-state index contributed by atoms with van der Waals surface area (Å²) < 4.78 is 29.6. The van der Waals surface area contributed by atoms with E-state index in [2.05, 4.69) is 25.7 Å². The van der Waals surface area contributed by atoms with Gasteiger partial charge < -0.3 is 15.7 Å². The zero-order valence-electron chi connectivity index (χ0n) is 17.1. The molecular formula is C20H24F2N6O2. The van der Waals surface area contributed by atoms with Gasteiger partial charge in [-0.1, -0.05) is 0 Å². The molecule has 0 aliphatic carbocycles. The van der Waals surface area contributed by atoms with Crippen LogP contribution in [0.3, 0.4) is 0 Å². The fourth-order valence-corrected chi connectivity index (χ4v) is 2.75. The van der Waals surface area contributed by atoms with E-state index < -0.39 is 23.5 Å². The summed E-state index contributed by atoms with van der Waals surface area (Å²) >= 11 is 0. The number of nitrogens with zero attached hydrogens (tertiary/aromatic N) is 4. The second kappa shape index (κ2) is 8.31. The lowest BCUT2D eigenvalue weighted by Gasteiger charge is -2.22. The summed E-state index contributed by atoms with van der Waals surface area (Å²) in [5.41, 5.74) is -0.454. The third-order valence-electron chi connectivity index (χ3n) is 4.41. The van der Waals surface area contributed by atoms with E-state index in [4.69, 9.17) is 0 Å². The number of anilines is 1. The molecule has 0 saturated carbocycles. The lowest BCUT2D eigenvalue weighted by molar-refractivity contribution is -0.00177. The molecule has 0 saturated heterocycles. The van der Waals surface area contributed by atoms with E-state index in [-0.39, 0.29) is 23.7 Å². The van der Waals surface area contributed by atoms with E-state index in [1.54, 1.807) is 6.07 Å². The van der Waals surface area contributed by atoms with Gasteiger partial charge in [0.15, 0.2) is 11.5 Å². The number of halogens is 2. The molecule has 0 unspecified atom stereocenters. The van der Waals surface area contributed by atoms with E-state index in [1.165, 1.54) is 36.8 Å². The molecule has 0 fully saturated rings. The molecule has 0 spiro atoms. The quantitative estimate of drug-likeness (QED) is 0.545. The van der Waals surface area contributed by atoms with Crippen LogP contribution in [-0.4, -0.2) is 55.0 Å². The molecule has 30 heavy (non-hydrogen) atoms. The van der Waals surface area contributed by atoms with Crippen molar-refractivity contribution in [3.05, 3.63) is 42.1 Å². The smallest absolute Gasteiger partial charge is 0.256 e. The Labute approximate surface area is 172 Å². The van der Waals surface area contributed by atoms with Crippen molar-refractivity contribution in [3.63, 3.8) is 0 Å². The Kier molecular flexibility index (Phi) is 5.97. The lowest BCUT2D eigenvalue weighted by atomic mass is 10.0. The second-order valence-electron chi connectivity index (χ2n) is 7.81. The molecule has 3 N–H and O–H groups in total. The van der Waals surface area contributed by atoms with Crippen molar-refractivity contribution in [1.82, 2.24) is 24.9 Å². The fourth-order valence-electron chi connectivity index (χ4n) is 2.75. The van der Waals surface area contributed by atoms with Crippen LogP contribution in [0.15, 0.2) is 30.7 Å². The Balaban J connectivity index is 2.00. The lowest BCUT2D eigenvalue weighted by Crippen LogP contribution is -2.42. The highest BCUT2D eigenvalue weighted by atomic mass is 19.1. The van der Waals surface area contributed by atoms with Crippen LogP contribution in [0.2, 0.25) is 0 Å². The second-order valence-corrected chi connectivity index (χ2v) is 7.81. The van der Waals surface area contributed by atoms with Crippen LogP contribution in [0.25, 0.3) is 16.9 Å². The first-order valence-electron chi connectivity index (χ1n) is 9.47. The van der Waals surface area contributed by atoms with Crippen LogP contribution in [0.5, 0.6) is 0 Å². The SMILES string of the molecule is CC(C)Nc1c(C(=O)NC[C@@H](F)C(C)(C)O)cnc2cc(-c3ccncc3F)nn12. The van der Waals surface area contributed by atoms with E-state index in [0.717, 1.165) is 6.20 Å². The number of hydrogen-bond donors (Lipinski definition) is 3. The molecule has 0 aromatic carbocycles. The Morgan fingerprint density at radius 2 is 2.07 bits per heavy atom. The number of fused-ring (bicyclic) bond motifs is 1. The Hall–Kier alpha value is -3.14. The summed E-state index contributed by atoms with van der Waals surface area (Å²) in [5, 5.41) is 19.7. The van der Waals surface area contributed by atoms with Gasteiger partial charge in [0.05, 0.1) is 24.0 Å². The molecule has 3 rings (SSSR count). The van der Waals surface area contributed by atoms with Crippen LogP contribution in [0.4, 0.5) is 14.6 Å². The predicted octanol–water partition coefficient (Wildman–Crippen LogP) is 2.59. The van der Waals surface area contributed by atoms with Crippen LogP contribution in [0.1, 0.15) is 38.1 Å². The van der Waals surface area contributed by atoms with Crippen LogP contribution < -0.4 is 10.6 Å². The molecule has 3 aromatic rings. The first-order valence-corrected chi connectivity index (χ1v) is 9.47. The van der Waals surface area contributed by atoms with Gasteiger partial charge in [0.2, 0.25) is 0 Å². The normalized spacial score (nSPS) is 12.9. The summed E-state index contributed by atoms with van der Waals surface area (Å²) in [6.45, 7) is 6.05. The van der Waals surface area contributed by atoms with Gasteiger partial charge in [0.1, 0.15) is 17.6 Å². The van der Waals surface area contributed by atoms with E-state index in [1.807, 2.05) is 13.8 Å². The minimum absolute atomic E-state index is 0.0576. The van der Waals surface area contributed by atoms with Crippen LogP contribution >= 0.6 is 0 Å². The number of carbonyl (C=O) groups is 1. The van der Waals surface area contributed by atoms with Crippen molar-refractivity contribution in [3.8, 4) is 11.3 Å². The van der Waals surface area contributed by atoms with Gasteiger partial charge in [-0.25, -0.2) is 13.8 Å². The molecule has 160 valence electrons. The average Bonchev–Trinajstić information content (AvgIpc) is 3.09. The first kappa shape index (κ1) is 21.6. The van der Waals surface area contributed by atoms with E-state index in [0.29, 0.717) is 17.2 Å². The summed E-state index contributed by atoms with van der Waals surface area (Å²) in [6.07, 6.45) is 2.25. The number of amides is 1. The summed E-state index contributed by atoms with van der Waals surface area (Å²) in [6, 6.07) is 3.04. The standard InChI is InChI=1S/C20H24F2N6O2/c1-11(2)26-18-13(19(29)25-10-16(22)20(3,4)30)8-24-17-7-15(27-28(17)18)12-5-6-23-9-14(12)21/h5-9,11,16,26,30H,10H2,1-4H3,(H,25,29)/t16-/m1/s1. The zero-order chi connectivity index (χ0) is 22.1. The number of carbonyl (C=O) groups excluding carboxylic acids is 1. The first-order chi connectivity index (χ1) is 14.1. The number of hydrogen-bond acceptors (Lipinski definition) is 6. The number of alkyl halides is 1. The maximum absolute atomic E-state index is 14.1. The monoisotopic (exact) mass is 418 g/mol. The molecule has 3 aromatic heterocycles. The Bertz CT molecular complexity index is 1060. The van der Waals surface area contributed by atoms with Gasteiger partial charge in [0, 0.05) is 30.1 Å². The number of rotatable bonds is 7. The molecule has 0 radical (unpaired) electrons. The van der Waals surface area contributed by atoms with Gasteiger partial charge in [-0.15, -0.1) is 0 Å².